The van der Waals surface area contributed by atoms with Gasteiger partial charge < -0.3 is 14.4 Å². The van der Waals surface area contributed by atoms with Crippen LogP contribution in [0.15, 0.2) is 9.68 Å². The summed E-state index contributed by atoms with van der Waals surface area (Å²) in [7, 11) is 2.03. The molecule has 0 bridgehead atoms. The fraction of sp³-hybridized carbons (Fsp3) is 0.714. The Morgan fingerprint density at radius 3 is 2.95 bits per heavy atom. The lowest BCUT2D eigenvalue weighted by Gasteiger charge is -2.21. The normalized spacial score (nSPS) is 19.0. The molecule has 2 aromatic heterocycles. The predicted molar refractivity (Wildman–Crippen MR) is 83.8 cm³/mol. The maximum Gasteiger partial charge on any atom is 0.229 e. The fourth-order valence-corrected chi connectivity index (χ4v) is 3.33. The monoisotopic (exact) mass is 322 g/mol. The summed E-state index contributed by atoms with van der Waals surface area (Å²) in [5.41, 5.74) is 0. The van der Waals surface area contributed by atoms with Gasteiger partial charge in [0, 0.05) is 25.4 Å². The van der Waals surface area contributed by atoms with E-state index in [1.54, 1.807) is 11.8 Å². The molecule has 1 aliphatic rings. The SMILES string of the molecule is CC(C)c1nc(CSc2nnc(C3CCCNC3)n2C)no1. The number of nitrogens with one attached hydrogen (secondary N) is 1. The molecule has 0 radical (unpaired) electrons. The standard InChI is InChI=1S/C14H22N6OS/c1-9(2)13-16-11(19-21-13)8-22-14-18-17-12(20(14)3)10-5-4-6-15-7-10/h9-10,15H,4-8H2,1-3H3. The summed E-state index contributed by atoms with van der Waals surface area (Å²) < 4.78 is 7.31. The number of hydrogen-bond donors (Lipinski definition) is 1. The van der Waals surface area contributed by atoms with Crippen LogP contribution >= 0.6 is 11.8 Å². The minimum absolute atomic E-state index is 0.256. The molecule has 1 saturated heterocycles. The zero-order valence-corrected chi connectivity index (χ0v) is 14.1. The molecule has 0 spiro atoms. The highest BCUT2D eigenvalue weighted by Gasteiger charge is 2.22. The first-order chi connectivity index (χ1) is 10.6. The smallest absolute Gasteiger partial charge is 0.229 e. The molecular weight excluding hydrogens is 300 g/mol. The lowest BCUT2D eigenvalue weighted by Crippen LogP contribution is -2.29. The van der Waals surface area contributed by atoms with Crippen LogP contribution in [-0.2, 0) is 12.8 Å². The van der Waals surface area contributed by atoms with Gasteiger partial charge in [0.05, 0.1) is 5.75 Å². The summed E-state index contributed by atoms with van der Waals surface area (Å²) in [5.74, 6) is 3.81. The third-order valence-corrected chi connectivity index (χ3v) is 4.85. The third-order valence-electron chi connectivity index (χ3n) is 3.84. The van der Waals surface area contributed by atoms with Crippen LogP contribution in [0.1, 0.15) is 56.1 Å². The van der Waals surface area contributed by atoms with Gasteiger partial charge in [-0.2, -0.15) is 4.98 Å². The van der Waals surface area contributed by atoms with Gasteiger partial charge in [0.1, 0.15) is 5.82 Å². The molecule has 1 aliphatic heterocycles. The molecule has 3 heterocycles. The zero-order chi connectivity index (χ0) is 15.5. The van der Waals surface area contributed by atoms with Crippen LogP contribution in [0.2, 0.25) is 0 Å². The molecule has 3 rings (SSSR count). The van der Waals surface area contributed by atoms with Gasteiger partial charge in [-0.1, -0.05) is 30.8 Å². The van der Waals surface area contributed by atoms with Crippen LogP contribution in [0.25, 0.3) is 0 Å². The van der Waals surface area contributed by atoms with Crippen LogP contribution in [0.3, 0.4) is 0 Å². The summed E-state index contributed by atoms with van der Waals surface area (Å²) in [5, 5.41) is 17.0. The van der Waals surface area contributed by atoms with Crippen molar-refractivity contribution >= 4 is 11.8 Å². The number of hydrogen-bond acceptors (Lipinski definition) is 7. The third kappa shape index (κ3) is 3.33. The summed E-state index contributed by atoms with van der Waals surface area (Å²) in [4.78, 5) is 4.39. The first-order valence-corrected chi connectivity index (χ1v) is 8.69. The highest BCUT2D eigenvalue weighted by atomic mass is 32.2. The van der Waals surface area contributed by atoms with E-state index in [4.69, 9.17) is 4.52 Å². The largest absolute Gasteiger partial charge is 0.339 e. The van der Waals surface area contributed by atoms with Crippen molar-refractivity contribution in [3.63, 3.8) is 0 Å². The maximum atomic E-state index is 5.22. The van der Waals surface area contributed by atoms with E-state index in [9.17, 15) is 0 Å². The summed E-state index contributed by atoms with van der Waals surface area (Å²) in [6, 6.07) is 0. The average molecular weight is 322 g/mol. The second-order valence-corrected chi connectivity index (χ2v) is 6.88. The van der Waals surface area contributed by atoms with E-state index in [0.717, 1.165) is 24.1 Å². The minimum atomic E-state index is 0.256. The highest BCUT2D eigenvalue weighted by molar-refractivity contribution is 7.98. The van der Waals surface area contributed by atoms with E-state index in [-0.39, 0.29) is 5.92 Å². The Kier molecular flexibility index (Phi) is 4.77. The van der Waals surface area contributed by atoms with Crippen LogP contribution in [0.5, 0.6) is 0 Å². The highest BCUT2D eigenvalue weighted by Crippen LogP contribution is 2.26. The van der Waals surface area contributed by atoms with Crippen LogP contribution < -0.4 is 5.32 Å². The van der Waals surface area contributed by atoms with Crippen molar-refractivity contribution in [2.24, 2.45) is 7.05 Å². The summed E-state index contributed by atoms with van der Waals surface area (Å²) in [6.45, 7) is 6.17. The molecule has 2 aromatic rings. The number of thioether (sulfide) groups is 1. The Bertz CT molecular complexity index is 617. The number of rotatable bonds is 5. The number of aromatic nitrogens is 5. The second kappa shape index (κ2) is 6.78. The predicted octanol–water partition coefficient (Wildman–Crippen LogP) is 2.08. The molecule has 120 valence electrons. The molecule has 7 nitrogen and oxygen atoms in total. The molecule has 1 fully saturated rings. The van der Waals surface area contributed by atoms with Crippen LogP contribution in [0, 0.1) is 0 Å². The van der Waals surface area contributed by atoms with Gasteiger partial charge in [-0.05, 0) is 19.4 Å². The molecule has 8 heteroatoms. The quantitative estimate of drug-likeness (QED) is 0.844. The Balaban J connectivity index is 1.64. The van der Waals surface area contributed by atoms with Gasteiger partial charge in [0.2, 0.25) is 5.89 Å². The first-order valence-electron chi connectivity index (χ1n) is 7.70. The van der Waals surface area contributed by atoms with Crippen LogP contribution in [0.4, 0.5) is 0 Å². The Morgan fingerprint density at radius 2 is 2.27 bits per heavy atom. The molecule has 1 unspecified atom stereocenters. The molecule has 1 N–H and O–H groups in total. The van der Waals surface area contributed by atoms with E-state index >= 15 is 0 Å². The van der Waals surface area contributed by atoms with Crippen molar-refractivity contribution in [3.8, 4) is 0 Å². The summed E-state index contributed by atoms with van der Waals surface area (Å²) in [6.07, 6.45) is 2.37. The van der Waals surface area contributed by atoms with Gasteiger partial charge >= 0.3 is 0 Å². The molecular formula is C14H22N6OS. The van der Waals surface area contributed by atoms with Crippen molar-refractivity contribution < 1.29 is 4.52 Å². The number of piperidine rings is 1. The van der Waals surface area contributed by atoms with E-state index in [1.807, 2.05) is 20.9 Å². The first kappa shape index (κ1) is 15.5. The van der Waals surface area contributed by atoms with Gasteiger partial charge in [-0.25, -0.2) is 0 Å². The molecule has 0 saturated carbocycles. The molecule has 0 amide bonds. The fourth-order valence-electron chi connectivity index (χ4n) is 2.57. The lowest BCUT2D eigenvalue weighted by atomic mass is 9.99. The van der Waals surface area contributed by atoms with E-state index < -0.39 is 0 Å². The molecule has 22 heavy (non-hydrogen) atoms. The maximum absolute atomic E-state index is 5.22. The number of nitrogens with zero attached hydrogens (tertiary/aromatic N) is 5. The minimum Gasteiger partial charge on any atom is -0.339 e. The van der Waals surface area contributed by atoms with E-state index in [0.29, 0.717) is 23.4 Å². The zero-order valence-electron chi connectivity index (χ0n) is 13.2. The average Bonchev–Trinajstić information content (AvgIpc) is 3.13. The van der Waals surface area contributed by atoms with Crippen molar-refractivity contribution in [3.05, 3.63) is 17.5 Å². The molecule has 0 aromatic carbocycles. The Labute approximate surface area is 134 Å². The van der Waals surface area contributed by atoms with Gasteiger partial charge in [-0.15, -0.1) is 10.2 Å². The van der Waals surface area contributed by atoms with Crippen molar-refractivity contribution in [2.75, 3.05) is 13.1 Å². The van der Waals surface area contributed by atoms with Gasteiger partial charge in [0.25, 0.3) is 0 Å². The lowest BCUT2D eigenvalue weighted by molar-refractivity contribution is 0.362. The van der Waals surface area contributed by atoms with E-state index in [2.05, 4.69) is 30.2 Å². The van der Waals surface area contributed by atoms with Crippen molar-refractivity contribution in [2.45, 2.75) is 49.4 Å². The topological polar surface area (TPSA) is 81.7 Å². The van der Waals surface area contributed by atoms with Gasteiger partial charge in [-0.3, -0.25) is 0 Å². The van der Waals surface area contributed by atoms with Gasteiger partial charge in [0.15, 0.2) is 11.0 Å². The Morgan fingerprint density at radius 1 is 1.41 bits per heavy atom. The van der Waals surface area contributed by atoms with E-state index in [1.165, 1.54) is 12.8 Å². The Hall–Kier alpha value is -1.41. The van der Waals surface area contributed by atoms with Crippen molar-refractivity contribution in [1.29, 1.82) is 0 Å². The second-order valence-electron chi connectivity index (χ2n) is 5.94. The van der Waals surface area contributed by atoms with Crippen LogP contribution in [-0.4, -0.2) is 38.0 Å². The molecule has 0 aliphatic carbocycles. The van der Waals surface area contributed by atoms with Crippen molar-refractivity contribution in [1.82, 2.24) is 30.2 Å². The summed E-state index contributed by atoms with van der Waals surface area (Å²) >= 11 is 1.59. The molecule has 1 atom stereocenters.